The summed E-state index contributed by atoms with van der Waals surface area (Å²) in [5, 5.41) is 10.2. The van der Waals surface area contributed by atoms with Crippen LogP contribution in [0.2, 0.25) is 0 Å². The number of Topliss-reactive ketones (excluding diaryl/α,β-unsaturated/α-hetero) is 1. The Bertz CT molecular complexity index is 1260. The minimum absolute atomic E-state index is 0.0693. The van der Waals surface area contributed by atoms with Crippen LogP contribution in [0.15, 0.2) is 72.3 Å². The lowest BCUT2D eigenvalue weighted by Gasteiger charge is -2.16. The van der Waals surface area contributed by atoms with Crippen LogP contribution in [0.3, 0.4) is 0 Å². The molecule has 3 aromatic rings. The van der Waals surface area contributed by atoms with Crippen molar-refractivity contribution in [3.8, 4) is 17.2 Å². The normalized spacial score (nSPS) is 12.7. The number of ketones is 1. The molecule has 3 aromatic carbocycles. The fourth-order valence-electron chi connectivity index (χ4n) is 3.83. The Kier molecular flexibility index (Phi) is 6.54. The van der Waals surface area contributed by atoms with E-state index in [1.165, 1.54) is 0 Å². The van der Waals surface area contributed by atoms with E-state index in [1.54, 1.807) is 49.6 Å². The van der Waals surface area contributed by atoms with Gasteiger partial charge in [-0.15, -0.1) is 0 Å². The lowest BCUT2D eigenvalue weighted by molar-refractivity contribution is -0.130. The highest BCUT2D eigenvalue weighted by atomic mass is 16.7. The number of allylic oxidation sites excluding steroid dienone is 1. The van der Waals surface area contributed by atoms with Gasteiger partial charge in [-0.25, -0.2) is 4.79 Å². The average Bonchev–Trinajstić information content (AvgIpc) is 3.31. The summed E-state index contributed by atoms with van der Waals surface area (Å²) >= 11 is 0. The largest absolute Gasteiger partial charge is 0.497 e. The van der Waals surface area contributed by atoms with Gasteiger partial charge in [0, 0.05) is 37.3 Å². The number of carbonyl (C=O) groups is 2. The van der Waals surface area contributed by atoms with Crippen molar-refractivity contribution in [2.75, 3.05) is 32.9 Å². The first kappa shape index (κ1) is 22.9. The molecule has 4 rings (SSSR count). The molecule has 0 amide bonds. The van der Waals surface area contributed by atoms with Gasteiger partial charge in [0.05, 0.1) is 12.7 Å². The molecule has 7 nitrogen and oxygen atoms in total. The molecule has 0 aromatic heterocycles. The third-order valence-electron chi connectivity index (χ3n) is 5.61. The van der Waals surface area contributed by atoms with Gasteiger partial charge in [-0.3, -0.25) is 4.79 Å². The molecule has 0 radical (unpaired) electrons. The molecule has 0 spiro atoms. The molecular weight excluding hydrogens is 434 g/mol. The summed E-state index contributed by atoms with van der Waals surface area (Å²) in [6.45, 7) is 0.0693. The highest BCUT2D eigenvalue weighted by Crippen LogP contribution is 2.36. The summed E-state index contributed by atoms with van der Waals surface area (Å²) in [5.74, 6) is 0.0276. The summed E-state index contributed by atoms with van der Waals surface area (Å²) in [5.41, 5.74) is 2.62. The zero-order chi connectivity index (χ0) is 24.2. The first-order chi connectivity index (χ1) is 16.4. The van der Waals surface area contributed by atoms with Gasteiger partial charge in [0.25, 0.3) is 0 Å². The average molecular weight is 459 g/mol. The Morgan fingerprint density at radius 1 is 0.941 bits per heavy atom. The van der Waals surface area contributed by atoms with Crippen molar-refractivity contribution in [3.63, 3.8) is 0 Å². The Morgan fingerprint density at radius 3 is 2.32 bits per heavy atom. The zero-order valence-corrected chi connectivity index (χ0v) is 19.2. The van der Waals surface area contributed by atoms with Gasteiger partial charge >= 0.3 is 5.97 Å². The van der Waals surface area contributed by atoms with Crippen LogP contribution in [0, 0.1) is 0 Å². The number of carboxylic acids is 1. The van der Waals surface area contributed by atoms with E-state index in [4.69, 9.17) is 14.2 Å². The van der Waals surface area contributed by atoms with Crippen molar-refractivity contribution in [1.29, 1.82) is 0 Å². The van der Waals surface area contributed by atoms with Crippen molar-refractivity contribution >= 4 is 23.0 Å². The Labute approximate surface area is 197 Å². The minimum atomic E-state index is -1.19. The summed E-state index contributed by atoms with van der Waals surface area (Å²) in [4.78, 5) is 28.2. The lowest BCUT2D eigenvalue weighted by atomic mass is 9.89. The van der Waals surface area contributed by atoms with Gasteiger partial charge in [0.2, 0.25) is 6.79 Å². The van der Waals surface area contributed by atoms with Crippen LogP contribution in [-0.2, 0) is 11.2 Å². The van der Waals surface area contributed by atoms with Crippen molar-refractivity contribution < 1.29 is 28.9 Å². The molecular formula is C27H25NO6. The van der Waals surface area contributed by atoms with Gasteiger partial charge in [-0.05, 0) is 59.7 Å². The number of nitrogens with zero attached hydrogens (tertiary/aromatic N) is 1. The maximum absolute atomic E-state index is 13.7. The standard InChI is InChI=1S/C27H25NO6/c1-28(2)20-6-4-5-17(13-20)14-22(26(29)18-7-10-21(32-3)11-8-18)25(27(30)31)19-9-12-23-24(15-19)34-16-33-23/h4-13,15H,14,16H2,1-3H3,(H,30,31)/b25-22+. The number of hydrogen-bond donors (Lipinski definition) is 1. The predicted molar refractivity (Wildman–Crippen MR) is 129 cm³/mol. The van der Waals surface area contributed by atoms with Gasteiger partial charge in [-0.2, -0.15) is 0 Å². The quantitative estimate of drug-likeness (QED) is 0.393. The third-order valence-corrected chi connectivity index (χ3v) is 5.61. The number of rotatable bonds is 8. The van der Waals surface area contributed by atoms with E-state index in [2.05, 4.69) is 0 Å². The number of anilines is 1. The third kappa shape index (κ3) is 4.73. The van der Waals surface area contributed by atoms with Crippen LogP contribution >= 0.6 is 0 Å². The van der Waals surface area contributed by atoms with Gasteiger partial charge < -0.3 is 24.2 Å². The van der Waals surface area contributed by atoms with Crippen LogP contribution in [0.5, 0.6) is 17.2 Å². The fraction of sp³-hybridized carbons (Fsp3) is 0.185. The van der Waals surface area contributed by atoms with Crippen molar-refractivity contribution in [1.82, 2.24) is 0 Å². The molecule has 7 heteroatoms. The zero-order valence-electron chi connectivity index (χ0n) is 19.2. The molecule has 0 saturated carbocycles. The van der Waals surface area contributed by atoms with Crippen LogP contribution in [0.1, 0.15) is 21.5 Å². The van der Waals surface area contributed by atoms with E-state index in [0.717, 1.165) is 11.3 Å². The highest BCUT2D eigenvalue weighted by Gasteiger charge is 2.26. The SMILES string of the molecule is COc1ccc(C(=O)/C(Cc2cccc(N(C)C)c2)=C(/C(=O)O)c2ccc3c(c2)OCO3)cc1. The number of fused-ring (bicyclic) bond motifs is 1. The number of aliphatic carboxylic acids is 1. The predicted octanol–water partition coefficient (Wildman–Crippen LogP) is 4.45. The molecule has 1 aliphatic rings. The van der Waals surface area contributed by atoms with Crippen molar-refractivity contribution in [2.24, 2.45) is 0 Å². The smallest absolute Gasteiger partial charge is 0.336 e. The molecule has 0 bridgehead atoms. The van der Waals surface area contributed by atoms with Crippen LogP contribution < -0.4 is 19.1 Å². The lowest BCUT2D eigenvalue weighted by Crippen LogP contribution is -2.14. The number of ether oxygens (including phenoxy) is 3. The second kappa shape index (κ2) is 9.70. The van der Waals surface area contributed by atoms with Gasteiger partial charge in [0.1, 0.15) is 5.75 Å². The minimum Gasteiger partial charge on any atom is -0.497 e. The number of methoxy groups -OCH3 is 1. The summed E-state index contributed by atoms with van der Waals surface area (Å²) in [6.07, 6.45) is 0.141. The maximum Gasteiger partial charge on any atom is 0.336 e. The Morgan fingerprint density at radius 2 is 1.65 bits per heavy atom. The second-order valence-electron chi connectivity index (χ2n) is 8.03. The summed E-state index contributed by atoms with van der Waals surface area (Å²) in [6, 6.07) is 19.2. The number of hydrogen-bond acceptors (Lipinski definition) is 6. The number of carbonyl (C=O) groups excluding carboxylic acids is 1. The summed E-state index contributed by atoms with van der Waals surface area (Å²) < 4.78 is 16.0. The fourth-order valence-corrected chi connectivity index (χ4v) is 3.83. The van der Waals surface area contributed by atoms with E-state index in [0.29, 0.717) is 28.4 Å². The number of carboxylic acid groups (broad SMARTS) is 1. The van der Waals surface area contributed by atoms with E-state index in [9.17, 15) is 14.7 Å². The molecule has 0 saturated heterocycles. The van der Waals surface area contributed by atoms with Crippen LogP contribution in [-0.4, -0.2) is 44.9 Å². The van der Waals surface area contributed by atoms with Crippen LogP contribution in [0.25, 0.3) is 5.57 Å². The maximum atomic E-state index is 13.7. The first-order valence-corrected chi connectivity index (χ1v) is 10.7. The monoisotopic (exact) mass is 459 g/mol. The Hall–Kier alpha value is -4.26. The molecule has 34 heavy (non-hydrogen) atoms. The molecule has 0 fully saturated rings. The van der Waals surface area contributed by atoms with E-state index < -0.39 is 5.97 Å². The number of benzene rings is 3. The highest BCUT2D eigenvalue weighted by molar-refractivity contribution is 6.26. The molecule has 1 heterocycles. The second-order valence-corrected chi connectivity index (χ2v) is 8.03. The van der Waals surface area contributed by atoms with E-state index in [-0.39, 0.29) is 30.1 Å². The molecule has 0 atom stereocenters. The molecule has 1 N–H and O–H groups in total. The molecule has 0 unspecified atom stereocenters. The summed E-state index contributed by atoms with van der Waals surface area (Å²) in [7, 11) is 5.39. The van der Waals surface area contributed by atoms with Gasteiger partial charge in [0.15, 0.2) is 17.3 Å². The molecule has 1 aliphatic heterocycles. The molecule has 174 valence electrons. The Balaban J connectivity index is 1.86. The van der Waals surface area contributed by atoms with Crippen LogP contribution in [0.4, 0.5) is 5.69 Å². The topological polar surface area (TPSA) is 85.3 Å². The van der Waals surface area contributed by atoms with E-state index >= 15 is 0 Å². The first-order valence-electron chi connectivity index (χ1n) is 10.7. The van der Waals surface area contributed by atoms with Crippen molar-refractivity contribution in [3.05, 3.63) is 89.0 Å². The van der Waals surface area contributed by atoms with Crippen molar-refractivity contribution in [2.45, 2.75) is 6.42 Å². The molecule has 0 aliphatic carbocycles. The van der Waals surface area contributed by atoms with E-state index in [1.807, 2.05) is 43.3 Å². The van der Waals surface area contributed by atoms with Gasteiger partial charge in [-0.1, -0.05) is 18.2 Å².